The Morgan fingerprint density at radius 3 is 2.21 bits per heavy atom. The van der Waals surface area contributed by atoms with Crippen molar-refractivity contribution in [1.82, 2.24) is 4.98 Å². The molecule has 1 N–H and O–H groups in total. The van der Waals surface area contributed by atoms with E-state index in [1.807, 2.05) is 25.1 Å². The van der Waals surface area contributed by atoms with Gasteiger partial charge in [0.2, 0.25) is 0 Å². The van der Waals surface area contributed by atoms with Gasteiger partial charge in [-0.2, -0.15) is 0 Å². The predicted molar refractivity (Wildman–Crippen MR) is 93.4 cm³/mol. The monoisotopic (exact) mass is 342 g/mol. The van der Waals surface area contributed by atoms with Crippen LogP contribution in [-0.2, 0) is 10.0 Å². The Labute approximate surface area is 141 Å². The largest absolute Gasteiger partial charge is 0.446 e. The fourth-order valence-electron chi connectivity index (χ4n) is 2.56. The lowest BCUT2D eigenvalue weighted by atomic mass is 10.1. The van der Waals surface area contributed by atoms with Crippen molar-refractivity contribution in [3.63, 3.8) is 0 Å². The average Bonchev–Trinajstić information content (AvgIpc) is 2.86. The third-order valence-corrected chi connectivity index (χ3v) is 5.24. The first-order valence-corrected chi connectivity index (χ1v) is 8.98. The number of aromatic nitrogens is 1. The average molecular weight is 342 g/mol. The number of anilines is 1. The fourth-order valence-corrected chi connectivity index (χ4v) is 3.87. The lowest BCUT2D eigenvalue weighted by Gasteiger charge is -2.10. The van der Waals surface area contributed by atoms with Gasteiger partial charge in [-0.3, -0.25) is 4.72 Å². The van der Waals surface area contributed by atoms with Crippen LogP contribution in [0, 0.1) is 20.8 Å². The van der Waals surface area contributed by atoms with Crippen LogP contribution in [0.3, 0.4) is 0 Å². The summed E-state index contributed by atoms with van der Waals surface area (Å²) in [6, 6.07) is 14.0. The van der Waals surface area contributed by atoms with E-state index in [0.29, 0.717) is 17.1 Å². The standard InChI is InChI=1S/C18H18N2O3S/c1-12-6-4-5-7-17(12)24(21,22)20-16-10-8-15(9-11-16)18-13(2)23-14(3)19-18/h4-11,20H,1-3H3. The topological polar surface area (TPSA) is 72.2 Å². The zero-order valence-electron chi connectivity index (χ0n) is 13.7. The maximum absolute atomic E-state index is 12.5. The van der Waals surface area contributed by atoms with E-state index >= 15 is 0 Å². The normalized spacial score (nSPS) is 11.5. The Kier molecular flexibility index (Phi) is 4.15. The van der Waals surface area contributed by atoms with E-state index in [1.54, 1.807) is 44.2 Å². The van der Waals surface area contributed by atoms with Crippen molar-refractivity contribution in [1.29, 1.82) is 0 Å². The van der Waals surface area contributed by atoms with Crippen LogP contribution in [0.5, 0.6) is 0 Å². The summed E-state index contributed by atoms with van der Waals surface area (Å²) >= 11 is 0. The Bertz CT molecular complexity index is 974. The lowest BCUT2D eigenvalue weighted by Crippen LogP contribution is -2.14. The Morgan fingerprint density at radius 1 is 0.958 bits per heavy atom. The smallest absolute Gasteiger partial charge is 0.262 e. The molecular formula is C18H18N2O3S. The highest BCUT2D eigenvalue weighted by molar-refractivity contribution is 7.92. The quantitative estimate of drug-likeness (QED) is 0.776. The third-order valence-electron chi connectivity index (χ3n) is 3.70. The molecule has 0 saturated heterocycles. The number of oxazole rings is 1. The summed E-state index contributed by atoms with van der Waals surface area (Å²) in [6.45, 7) is 5.42. The molecule has 0 aliphatic rings. The molecule has 3 aromatic rings. The van der Waals surface area contributed by atoms with Gasteiger partial charge < -0.3 is 4.42 Å². The van der Waals surface area contributed by atoms with Crippen LogP contribution in [0.4, 0.5) is 5.69 Å². The molecule has 1 aromatic heterocycles. The van der Waals surface area contributed by atoms with E-state index in [4.69, 9.17) is 4.42 Å². The highest BCUT2D eigenvalue weighted by Crippen LogP contribution is 2.26. The number of aryl methyl sites for hydroxylation is 3. The van der Waals surface area contributed by atoms with Crippen molar-refractivity contribution in [3.05, 3.63) is 65.7 Å². The minimum absolute atomic E-state index is 0.275. The van der Waals surface area contributed by atoms with Crippen LogP contribution in [0.15, 0.2) is 57.8 Å². The van der Waals surface area contributed by atoms with Gasteiger partial charge in [0.05, 0.1) is 4.90 Å². The summed E-state index contributed by atoms with van der Waals surface area (Å²) in [5.41, 5.74) is 2.85. The number of hydrogen-bond donors (Lipinski definition) is 1. The summed E-state index contributed by atoms with van der Waals surface area (Å²) in [5.74, 6) is 1.34. The van der Waals surface area contributed by atoms with Gasteiger partial charge >= 0.3 is 0 Å². The van der Waals surface area contributed by atoms with Crippen molar-refractivity contribution in [2.24, 2.45) is 0 Å². The van der Waals surface area contributed by atoms with Crippen molar-refractivity contribution in [3.8, 4) is 11.3 Å². The zero-order valence-corrected chi connectivity index (χ0v) is 14.5. The molecule has 0 bridgehead atoms. The maximum atomic E-state index is 12.5. The van der Waals surface area contributed by atoms with Crippen molar-refractivity contribution >= 4 is 15.7 Å². The third kappa shape index (κ3) is 3.19. The van der Waals surface area contributed by atoms with Gasteiger partial charge in [0.1, 0.15) is 11.5 Å². The van der Waals surface area contributed by atoms with Crippen LogP contribution in [0.2, 0.25) is 0 Å². The molecule has 0 atom stereocenters. The van der Waals surface area contributed by atoms with E-state index in [-0.39, 0.29) is 4.90 Å². The molecule has 24 heavy (non-hydrogen) atoms. The van der Waals surface area contributed by atoms with E-state index in [2.05, 4.69) is 9.71 Å². The van der Waals surface area contributed by atoms with E-state index in [9.17, 15) is 8.42 Å². The van der Waals surface area contributed by atoms with Gasteiger partial charge in [0, 0.05) is 18.2 Å². The van der Waals surface area contributed by atoms with Crippen LogP contribution < -0.4 is 4.72 Å². The second-order valence-electron chi connectivity index (χ2n) is 5.59. The molecule has 0 fully saturated rings. The number of benzene rings is 2. The molecule has 2 aromatic carbocycles. The Hall–Kier alpha value is -2.60. The molecule has 0 radical (unpaired) electrons. The van der Waals surface area contributed by atoms with Crippen molar-refractivity contribution in [2.75, 3.05) is 4.72 Å². The number of nitrogens with zero attached hydrogens (tertiary/aromatic N) is 1. The molecule has 0 aliphatic heterocycles. The Balaban J connectivity index is 1.87. The SMILES string of the molecule is Cc1nc(-c2ccc(NS(=O)(=O)c3ccccc3C)cc2)c(C)o1. The second-order valence-corrected chi connectivity index (χ2v) is 7.24. The summed E-state index contributed by atoms with van der Waals surface area (Å²) in [6.07, 6.45) is 0. The van der Waals surface area contributed by atoms with Gasteiger partial charge in [-0.25, -0.2) is 13.4 Å². The minimum atomic E-state index is -3.61. The molecule has 0 saturated carbocycles. The first-order chi connectivity index (χ1) is 11.4. The van der Waals surface area contributed by atoms with Gasteiger partial charge in [-0.15, -0.1) is 0 Å². The summed E-state index contributed by atoms with van der Waals surface area (Å²) in [7, 11) is -3.61. The van der Waals surface area contributed by atoms with Crippen LogP contribution in [-0.4, -0.2) is 13.4 Å². The molecule has 6 heteroatoms. The van der Waals surface area contributed by atoms with Crippen LogP contribution >= 0.6 is 0 Å². The number of sulfonamides is 1. The van der Waals surface area contributed by atoms with E-state index in [0.717, 1.165) is 17.0 Å². The van der Waals surface area contributed by atoms with Gasteiger partial charge in [0.25, 0.3) is 10.0 Å². The summed E-state index contributed by atoms with van der Waals surface area (Å²) in [5, 5.41) is 0. The zero-order chi connectivity index (χ0) is 17.3. The molecule has 0 spiro atoms. The number of hydrogen-bond acceptors (Lipinski definition) is 4. The molecular weight excluding hydrogens is 324 g/mol. The van der Waals surface area contributed by atoms with Crippen molar-refractivity contribution < 1.29 is 12.8 Å². The van der Waals surface area contributed by atoms with Crippen LogP contribution in [0.25, 0.3) is 11.3 Å². The lowest BCUT2D eigenvalue weighted by molar-refractivity contribution is 0.495. The molecule has 0 amide bonds. The van der Waals surface area contributed by atoms with Gasteiger partial charge in [-0.1, -0.05) is 30.3 Å². The Morgan fingerprint density at radius 2 is 1.62 bits per heavy atom. The van der Waals surface area contributed by atoms with Crippen LogP contribution in [0.1, 0.15) is 17.2 Å². The minimum Gasteiger partial charge on any atom is -0.446 e. The highest BCUT2D eigenvalue weighted by Gasteiger charge is 2.16. The molecule has 0 aliphatic carbocycles. The molecule has 1 heterocycles. The van der Waals surface area contributed by atoms with Crippen molar-refractivity contribution in [2.45, 2.75) is 25.7 Å². The fraction of sp³-hybridized carbons (Fsp3) is 0.167. The second kappa shape index (κ2) is 6.13. The summed E-state index contributed by atoms with van der Waals surface area (Å²) in [4.78, 5) is 4.61. The first-order valence-electron chi connectivity index (χ1n) is 7.50. The molecule has 0 unspecified atom stereocenters. The predicted octanol–water partition coefficient (Wildman–Crippen LogP) is 4.07. The molecule has 3 rings (SSSR count). The summed E-state index contributed by atoms with van der Waals surface area (Å²) < 4.78 is 33.0. The van der Waals surface area contributed by atoms with E-state index < -0.39 is 10.0 Å². The first kappa shape index (κ1) is 16.3. The highest BCUT2D eigenvalue weighted by atomic mass is 32.2. The van der Waals surface area contributed by atoms with Gasteiger partial charge in [0.15, 0.2) is 5.89 Å². The molecule has 5 nitrogen and oxygen atoms in total. The van der Waals surface area contributed by atoms with E-state index in [1.165, 1.54) is 0 Å². The van der Waals surface area contributed by atoms with Gasteiger partial charge in [-0.05, 0) is 37.6 Å². The number of rotatable bonds is 4. The number of nitrogens with one attached hydrogen (secondary N) is 1. The molecule has 124 valence electrons. The maximum Gasteiger partial charge on any atom is 0.262 e.